The molecule has 3 aromatic rings. The van der Waals surface area contributed by atoms with E-state index < -0.39 is 11.8 Å². The van der Waals surface area contributed by atoms with Crippen LogP contribution in [0.4, 0.5) is 5.69 Å². The number of carbonyl (C=O) groups excluding carboxylic acids is 2. The number of pyridine rings is 1. The number of rotatable bonds is 3. The summed E-state index contributed by atoms with van der Waals surface area (Å²) in [6.45, 7) is 3.33. The Labute approximate surface area is 158 Å². The Bertz CT molecular complexity index is 1110. The van der Waals surface area contributed by atoms with Crippen molar-refractivity contribution in [2.24, 2.45) is 0 Å². The van der Waals surface area contributed by atoms with Gasteiger partial charge in [0, 0.05) is 5.02 Å². The standard InChI is InChI=1S/C18H14ClN5O3/c1-8-12-13(14(20)15(21-8)16-22-9(2)23-27-16)18(26)24(17(12)25)7-10-5-3-4-6-11(10)19/h3-6H,7,20H2,1-2H3. The van der Waals surface area contributed by atoms with E-state index in [-0.39, 0.29) is 34.9 Å². The molecule has 0 bridgehead atoms. The van der Waals surface area contributed by atoms with Crippen LogP contribution in [0.3, 0.4) is 0 Å². The Balaban J connectivity index is 1.80. The van der Waals surface area contributed by atoms with Crippen molar-refractivity contribution in [2.45, 2.75) is 20.4 Å². The zero-order valence-electron chi connectivity index (χ0n) is 14.5. The molecule has 1 aliphatic rings. The molecule has 2 N–H and O–H groups in total. The number of nitrogens with zero attached hydrogens (tertiary/aromatic N) is 4. The maximum absolute atomic E-state index is 13.0. The molecule has 0 unspecified atom stereocenters. The second kappa shape index (κ2) is 6.17. The Kier molecular flexibility index (Phi) is 3.92. The first kappa shape index (κ1) is 17.2. The summed E-state index contributed by atoms with van der Waals surface area (Å²) in [5.41, 5.74) is 7.71. The van der Waals surface area contributed by atoms with Gasteiger partial charge in [-0.2, -0.15) is 4.98 Å². The molecule has 3 heterocycles. The molecule has 27 heavy (non-hydrogen) atoms. The lowest BCUT2D eigenvalue weighted by Crippen LogP contribution is -2.29. The lowest BCUT2D eigenvalue weighted by molar-refractivity contribution is 0.0642. The first-order valence-corrected chi connectivity index (χ1v) is 8.46. The number of nitrogens with two attached hydrogens (primary N) is 1. The molecule has 8 nitrogen and oxygen atoms in total. The summed E-state index contributed by atoms with van der Waals surface area (Å²) < 4.78 is 5.12. The highest BCUT2D eigenvalue weighted by molar-refractivity contribution is 6.31. The molecule has 2 aromatic heterocycles. The van der Waals surface area contributed by atoms with Gasteiger partial charge in [-0.3, -0.25) is 14.5 Å². The average molecular weight is 384 g/mol. The molecule has 136 valence electrons. The van der Waals surface area contributed by atoms with Gasteiger partial charge in [0.15, 0.2) is 11.5 Å². The zero-order chi connectivity index (χ0) is 19.3. The number of benzene rings is 1. The summed E-state index contributed by atoms with van der Waals surface area (Å²) in [5.74, 6) is -0.455. The molecule has 0 spiro atoms. The summed E-state index contributed by atoms with van der Waals surface area (Å²) in [5, 5.41) is 4.18. The van der Waals surface area contributed by atoms with Crippen LogP contribution in [0.5, 0.6) is 0 Å². The molecular formula is C18H14ClN5O3. The van der Waals surface area contributed by atoms with Crippen molar-refractivity contribution in [1.29, 1.82) is 0 Å². The van der Waals surface area contributed by atoms with Crippen molar-refractivity contribution in [3.8, 4) is 11.6 Å². The molecular weight excluding hydrogens is 370 g/mol. The van der Waals surface area contributed by atoms with E-state index in [9.17, 15) is 9.59 Å². The Morgan fingerprint density at radius 1 is 1.11 bits per heavy atom. The first-order valence-electron chi connectivity index (χ1n) is 8.08. The number of aromatic nitrogens is 3. The van der Waals surface area contributed by atoms with E-state index in [1.54, 1.807) is 38.1 Å². The number of hydrogen-bond acceptors (Lipinski definition) is 7. The second-order valence-corrected chi connectivity index (χ2v) is 6.55. The zero-order valence-corrected chi connectivity index (χ0v) is 15.2. The van der Waals surface area contributed by atoms with Crippen LogP contribution >= 0.6 is 11.6 Å². The van der Waals surface area contributed by atoms with Gasteiger partial charge in [-0.25, -0.2) is 4.98 Å². The summed E-state index contributed by atoms with van der Waals surface area (Å²) in [7, 11) is 0. The molecule has 9 heteroatoms. The van der Waals surface area contributed by atoms with Crippen LogP contribution in [-0.4, -0.2) is 31.8 Å². The van der Waals surface area contributed by atoms with E-state index in [1.165, 1.54) is 0 Å². The third-order valence-electron chi connectivity index (χ3n) is 4.35. The molecule has 0 saturated carbocycles. The lowest BCUT2D eigenvalue weighted by atomic mass is 10.0. The molecule has 0 radical (unpaired) electrons. The smallest absolute Gasteiger partial charge is 0.278 e. The van der Waals surface area contributed by atoms with Crippen LogP contribution in [0.1, 0.15) is 37.8 Å². The number of imide groups is 1. The predicted octanol–water partition coefficient (Wildman–Crippen LogP) is 2.78. The largest absolute Gasteiger partial charge is 0.396 e. The van der Waals surface area contributed by atoms with Crippen molar-refractivity contribution in [2.75, 3.05) is 5.73 Å². The van der Waals surface area contributed by atoms with E-state index >= 15 is 0 Å². The normalized spacial score (nSPS) is 13.4. The number of anilines is 1. The number of aryl methyl sites for hydroxylation is 2. The maximum Gasteiger partial charge on any atom is 0.278 e. The van der Waals surface area contributed by atoms with Gasteiger partial charge < -0.3 is 10.3 Å². The van der Waals surface area contributed by atoms with Crippen molar-refractivity contribution >= 4 is 29.1 Å². The van der Waals surface area contributed by atoms with Crippen LogP contribution in [0.2, 0.25) is 5.02 Å². The highest BCUT2D eigenvalue weighted by atomic mass is 35.5. The minimum atomic E-state index is -0.504. The average Bonchev–Trinajstić information content (AvgIpc) is 3.17. The van der Waals surface area contributed by atoms with Gasteiger partial charge in [-0.1, -0.05) is 35.0 Å². The van der Waals surface area contributed by atoms with E-state index in [2.05, 4.69) is 15.1 Å². The number of amides is 2. The maximum atomic E-state index is 13.0. The van der Waals surface area contributed by atoms with Gasteiger partial charge in [0.05, 0.1) is 29.1 Å². The fraction of sp³-hybridized carbons (Fsp3) is 0.167. The molecule has 4 rings (SSSR count). The van der Waals surface area contributed by atoms with E-state index in [0.29, 0.717) is 22.1 Å². The highest BCUT2D eigenvalue weighted by Crippen LogP contribution is 2.36. The van der Waals surface area contributed by atoms with Crippen LogP contribution in [0.15, 0.2) is 28.8 Å². The van der Waals surface area contributed by atoms with E-state index in [0.717, 1.165) is 4.90 Å². The van der Waals surface area contributed by atoms with E-state index in [4.69, 9.17) is 21.9 Å². The van der Waals surface area contributed by atoms with Gasteiger partial charge in [0.2, 0.25) is 0 Å². The quantitative estimate of drug-likeness (QED) is 0.691. The van der Waals surface area contributed by atoms with Crippen molar-refractivity contribution in [3.63, 3.8) is 0 Å². The molecule has 1 aromatic carbocycles. The second-order valence-electron chi connectivity index (χ2n) is 6.14. The number of carbonyl (C=O) groups is 2. The molecule has 1 aliphatic heterocycles. The minimum absolute atomic E-state index is 0.0410. The number of hydrogen-bond donors (Lipinski definition) is 1. The Morgan fingerprint density at radius 3 is 2.48 bits per heavy atom. The molecule has 0 saturated heterocycles. The first-order chi connectivity index (χ1) is 12.9. The topological polar surface area (TPSA) is 115 Å². The van der Waals surface area contributed by atoms with E-state index in [1.807, 2.05) is 0 Å². The van der Waals surface area contributed by atoms with Crippen LogP contribution in [-0.2, 0) is 6.54 Å². The fourth-order valence-electron chi connectivity index (χ4n) is 3.06. The minimum Gasteiger partial charge on any atom is -0.396 e. The molecule has 0 aliphatic carbocycles. The lowest BCUT2D eigenvalue weighted by Gasteiger charge is -2.14. The third-order valence-corrected chi connectivity index (χ3v) is 4.72. The van der Waals surface area contributed by atoms with Gasteiger partial charge in [-0.15, -0.1) is 0 Å². The van der Waals surface area contributed by atoms with Crippen molar-refractivity contribution < 1.29 is 14.1 Å². The third kappa shape index (κ3) is 2.65. The summed E-state index contributed by atoms with van der Waals surface area (Å²) in [4.78, 5) is 35.4. The monoisotopic (exact) mass is 383 g/mol. The SMILES string of the molecule is Cc1noc(-c2nc(C)c3c(c2N)C(=O)N(Cc2ccccc2Cl)C3=O)n1. The van der Waals surface area contributed by atoms with Crippen LogP contribution in [0, 0.1) is 13.8 Å². The number of fused-ring (bicyclic) bond motifs is 1. The Hall–Kier alpha value is -3.26. The Morgan fingerprint density at radius 2 is 1.81 bits per heavy atom. The van der Waals surface area contributed by atoms with Crippen molar-refractivity contribution in [3.05, 3.63) is 57.5 Å². The molecule has 0 atom stereocenters. The number of halogens is 1. The fourth-order valence-corrected chi connectivity index (χ4v) is 3.26. The summed E-state index contributed by atoms with van der Waals surface area (Å²) in [6, 6.07) is 7.02. The highest BCUT2D eigenvalue weighted by Gasteiger charge is 2.41. The summed E-state index contributed by atoms with van der Waals surface area (Å²) in [6.07, 6.45) is 0. The number of nitrogen functional groups attached to an aromatic ring is 1. The van der Waals surface area contributed by atoms with Gasteiger partial charge in [0.25, 0.3) is 17.7 Å². The van der Waals surface area contributed by atoms with Gasteiger partial charge in [-0.05, 0) is 25.5 Å². The predicted molar refractivity (Wildman–Crippen MR) is 97.1 cm³/mol. The molecule has 2 amide bonds. The molecule has 0 fully saturated rings. The van der Waals surface area contributed by atoms with Gasteiger partial charge in [0.1, 0.15) is 0 Å². The van der Waals surface area contributed by atoms with Crippen molar-refractivity contribution in [1.82, 2.24) is 20.0 Å². The van der Waals surface area contributed by atoms with Crippen LogP contribution in [0.25, 0.3) is 11.6 Å². The van der Waals surface area contributed by atoms with Crippen LogP contribution < -0.4 is 5.73 Å². The summed E-state index contributed by atoms with van der Waals surface area (Å²) >= 11 is 6.17. The van der Waals surface area contributed by atoms with Gasteiger partial charge >= 0.3 is 0 Å².